The van der Waals surface area contributed by atoms with Gasteiger partial charge in [-0.25, -0.2) is 4.79 Å². The molecule has 2 fully saturated rings. The molecule has 1 aliphatic carbocycles. The monoisotopic (exact) mass is 389 g/mol. The fraction of sp³-hybridized carbons (Fsp3) is 0.619. The number of hydrogen-bond donors (Lipinski definition) is 2. The molecule has 7 nitrogen and oxygen atoms in total. The number of carbonyl (C=O) groups excluding carboxylic acids is 2. The first-order chi connectivity index (χ1) is 13.3. The SMILES string of the molecule is CC(C)(C)OC(=O)NC1CC(N2CCNC(C(=O)OCc3ccccc3)C2)C1. The molecular formula is C21H31N3O4. The van der Waals surface area contributed by atoms with E-state index in [1.54, 1.807) is 0 Å². The first-order valence-electron chi connectivity index (χ1n) is 9.98. The van der Waals surface area contributed by atoms with Crippen molar-refractivity contribution in [2.45, 2.75) is 63.9 Å². The fourth-order valence-corrected chi connectivity index (χ4v) is 3.57. The van der Waals surface area contributed by atoms with Crippen LogP contribution in [0.1, 0.15) is 39.2 Å². The number of rotatable bonds is 5. The number of alkyl carbamates (subject to hydrolysis) is 1. The lowest BCUT2D eigenvalue weighted by Gasteiger charge is -2.46. The van der Waals surface area contributed by atoms with Gasteiger partial charge in [-0.2, -0.15) is 0 Å². The predicted molar refractivity (Wildman–Crippen MR) is 106 cm³/mol. The van der Waals surface area contributed by atoms with Gasteiger partial charge in [0.2, 0.25) is 0 Å². The second-order valence-corrected chi connectivity index (χ2v) is 8.56. The van der Waals surface area contributed by atoms with Crippen molar-refractivity contribution in [3.8, 4) is 0 Å². The average Bonchev–Trinajstić information content (AvgIpc) is 2.62. The van der Waals surface area contributed by atoms with Gasteiger partial charge in [0, 0.05) is 31.7 Å². The van der Waals surface area contributed by atoms with Crippen molar-refractivity contribution in [3.63, 3.8) is 0 Å². The van der Waals surface area contributed by atoms with Gasteiger partial charge >= 0.3 is 12.1 Å². The minimum Gasteiger partial charge on any atom is -0.460 e. The standard InChI is InChI=1S/C21H31N3O4/c1-21(2,3)28-20(26)23-16-11-17(12-16)24-10-9-22-18(13-24)19(25)27-14-15-7-5-4-6-8-15/h4-8,16-18,22H,9-14H2,1-3H3,(H,23,26). The zero-order valence-corrected chi connectivity index (χ0v) is 16.9. The molecule has 0 bridgehead atoms. The average molecular weight is 389 g/mol. The van der Waals surface area contributed by atoms with Crippen LogP contribution in [-0.2, 0) is 20.9 Å². The number of ether oxygens (including phenoxy) is 2. The zero-order valence-electron chi connectivity index (χ0n) is 16.9. The van der Waals surface area contributed by atoms with E-state index in [4.69, 9.17) is 9.47 Å². The number of carbonyl (C=O) groups is 2. The maximum atomic E-state index is 12.4. The van der Waals surface area contributed by atoms with Crippen LogP contribution in [0.3, 0.4) is 0 Å². The molecule has 28 heavy (non-hydrogen) atoms. The molecule has 0 spiro atoms. The number of hydrogen-bond acceptors (Lipinski definition) is 6. The Morgan fingerprint density at radius 2 is 1.93 bits per heavy atom. The Morgan fingerprint density at radius 1 is 1.21 bits per heavy atom. The van der Waals surface area contributed by atoms with Gasteiger partial charge in [-0.15, -0.1) is 0 Å². The summed E-state index contributed by atoms with van der Waals surface area (Å²) in [6.07, 6.45) is 1.40. The molecule has 1 unspecified atom stereocenters. The molecule has 1 saturated carbocycles. The molecule has 1 atom stereocenters. The molecule has 1 saturated heterocycles. The van der Waals surface area contributed by atoms with Crippen LogP contribution in [-0.4, -0.2) is 60.3 Å². The van der Waals surface area contributed by atoms with Gasteiger partial charge in [-0.1, -0.05) is 30.3 Å². The highest BCUT2D eigenvalue weighted by Crippen LogP contribution is 2.27. The summed E-state index contributed by atoms with van der Waals surface area (Å²) in [4.78, 5) is 26.6. The molecule has 3 rings (SSSR count). The molecule has 2 aliphatic rings. The van der Waals surface area contributed by atoms with Gasteiger partial charge in [0.05, 0.1) is 0 Å². The van der Waals surface area contributed by atoms with Crippen LogP contribution in [0.2, 0.25) is 0 Å². The van der Waals surface area contributed by atoms with E-state index in [1.165, 1.54) is 0 Å². The normalized spacial score (nSPS) is 25.5. The van der Waals surface area contributed by atoms with Crippen molar-refractivity contribution in [3.05, 3.63) is 35.9 Å². The van der Waals surface area contributed by atoms with E-state index >= 15 is 0 Å². The molecule has 154 valence electrons. The molecule has 1 amide bonds. The number of esters is 1. The third kappa shape index (κ3) is 5.94. The Hall–Kier alpha value is -2.12. The zero-order chi connectivity index (χ0) is 20.1. The Morgan fingerprint density at radius 3 is 2.61 bits per heavy atom. The smallest absolute Gasteiger partial charge is 0.407 e. The lowest BCUT2D eigenvalue weighted by Crippen LogP contribution is -2.62. The highest BCUT2D eigenvalue weighted by Gasteiger charge is 2.38. The van der Waals surface area contributed by atoms with Crippen molar-refractivity contribution < 1.29 is 19.1 Å². The van der Waals surface area contributed by atoms with Crippen LogP contribution in [0.15, 0.2) is 30.3 Å². The van der Waals surface area contributed by atoms with Gasteiger partial charge in [0.25, 0.3) is 0 Å². The highest BCUT2D eigenvalue weighted by molar-refractivity contribution is 5.76. The van der Waals surface area contributed by atoms with E-state index in [0.717, 1.165) is 31.5 Å². The summed E-state index contributed by atoms with van der Waals surface area (Å²) in [5.74, 6) is -0.212. The first-order valence-corrected chi connectivity index (χ1v) is 9.98. The van der Waals surface area contributed by atoms with Crippen molar-refractivity contribution in [1.82, 2.24) is 15.5 Å². The van der Waals surface area contributed by atoms with Crippen LogP contribution in [0, 0.1) is 0 Å². The summed E-state index contributed by atoms with van der Waals surface area (Å²) in [6.45, 7) is 8.15. The van der Waals surface area contributed by atoms with Crippen molar-refractivity contribution in [2.24, 2.45) is 0 Å². The second kappa shape index (κ2) is 8.92. The summed E-state index contributed by atoms with van der Waals surface area (Å²) in [5, 5.41) is 6.17. The van der Waals surface area contributed by atoms with Gasteiger partial charge in [-0.05, 0) is 39.2 Å². The molecule has 1 heterocycles. The lowest BCUT2D eigenvalue weighted by molar-refractivity contribution is -0.149. The van der Waals surface area contributed by atoms with Crippen LogP contribution >= 0.6 is 0 Å². The number of benzene rings is 1. The Bertz CT molecular complexity index is 668. The number of nitrogens with zero attached hydrogens (tertiary/aromatic N) is 1. The van der Waals surface area contributed by atoms with Crippen molar-refractivity contribution in [1.29, 1.82) is 0 Å². The summed E-state index contributed by atoms with van der Waals surface area (Å²) in [6, 6.07) is 9.90. The maximum absolute atomic E-state index is 12.4. The van der Waals surface area contributed by atoms with Crippen LogP contribution in [0.4, 0.5) is 4.79 Å². The summed E-state index contributed by atoms with van der Waals surface area (Å²) in [5.41, 5.74) is 0.498. The Balaban J connectivity index is 1.39. The van der Waals surface area contributed by atoms with Gasteiger partial charge in [0.15, 0.2) is 0 Å². The van der Waals surface area contributed by atoms with E-state index in [0.29, 0.717) is 19.2 Å². The third-order valence-electron chi connectivity index (χ3n) is 5.07. The summed E-state index contributed by atoms with van der Waals surface area (Å²) < 4.78 is 10.8. The molecule has 0 aromatic heterocycles. The molecule has 7 heteroatoms. The summed E-state index contributed by atoms with van der Waals surface area (Å²) in [7, 11) is 0. The van der Waals surface area contributed by atoms with E-state index in [-0.39, 0.29) is 24.1 Å². The Kier molecular flexibility index (Phi) is 6.57. The topological polar surface area (TPSA) is 79.9 Å². The van der Waals surface area contributed by atoms with Crippen molar-refractivity contribution >= 4 is 12.1 Å². The molecule has 1 aliphatic heterocycles. The van der Waals surface area contributed by atoms with E-state index in [9.17, 15) is 9.59 Å². The molecule has 0 radical (unpaired) electrons. The van der Waals surface area contributed by atoms with Gasteiger partial charge in [-0.3, -0.25) is 9.69 Å². The molecule has 2 N–H and O–H groups in total. The largest absolute Gasteiger partial charge is 0.460 e. The van der Waals surface area contributed by atoms with Crippen molar-refractivity contribution in [2.75, 3.05) is 19.6 Å². The lowest BCUT2D eigenvalue weighted by atomic mass is 9.85. The minimum atomic E-state index is -0.487. The maximum Gasteiger partial charge on any atom is 0.407 e. The molecule has 1 aromatic rings. The predicted octanol–water partition coefficient (Wildman–Crippen LogP) is 2.06. The van der Waals surface area contributed by atoms with Gasteiger partial charge in [0.1, 0.15) is 18.2 Å². The van der Waals surface area contributed by atoms with Gasteiger partial charge < -0.3 is 20.1 Å². The Labute approximate surface area is 166 Å². The third-order valence-corrected chi connectivity index (χ3v) is 5.07. The summed E-state index contributed by atoms with van der Waals surface area (Å²) >= 11 is 0. The van der Waals surface area contributed by atoms with Crippen LogP contribution < -0.4 is 10.6 Å². The minimum absolute atomic E-state index is 0.137. The second-order valence-electron chi connectivity index (χ2n) is 8.56. The van der Waals surface area contributed by atoms with E-state index in [1.807, 2.05) is 51.1 Å². The van der Waals surface area contributed by atoms with E-state index in [2.05, 4.69) is 15.5 Å². The quantitative estimate of drug-likeness (QED) is 0.751. The molecular weight excluding hydrogens is 358 g/mol. The first kappa shape index (κ1) is 20.6. The number of nitrogens with one attached hydrogen (secondary N) is 2. The molecule has 1 aromatic carbocycles. The number of amides is 1. The number of piperazine rings is 1. The van der Waals surface area contributed by atoms with E-state index < -0.39 is 5.60 Å². The van der Waals surface area contributed by atoms with Crippen LogP contribution in [0.25, 0.3) is 0 Å². The highest BCUT2D eigenvalue weighted by atomic mass is 16.6. The van der Waals surface area contributed by atoms with Crippen LogP contribution in [0.5, 0.6) is 0 Å². The fourth-order valence-electron chi connectivity index (χ4n) is 3.57.